The van der Waals surface area contributed by atoms with Gasteiger partial charge in [-0.3, -0.25) is 9.59 Å². The molecule has 0 saturated carbocycles. The number of nitrogens with one attached hydrogen (secondary N) is 2. The minimum Gasteiger partial charge on any atom is -0.355 e. The van der Waals surface area contributed by atoms with Gasteiger partial charge in [-0.15, -0.1) is 0 Å². The third kappa shape index (κ3) is 6.29. The Kier molecular flexibility index (Phi) is 7.19. The molecule has 1 aromatic heterocycles. The van der Waals surface area contributed by atoms with Crippen LogP contribution in [0.3, 0.4) is 0 Å². The molecule has 0 saturated heterocycles. The first-order chi connectivity index (χ1) is 14.0. The summed E-state index contributed by atoms with van der Waals surface area (Å²) in [6, 6.07) is 16.1. The number of nitrogens with zero attached hydrogens (tertiary/aromatic N) is 1. The van der Waals surface area contributed by atoms with Gasteiger partial charge in [-0.2, -0.15) is 0 Å². The summed E-state index contributed by atoms with van der Waals surface area (Å²) in [5.41, 5.74) is 2.67. The lowest BCUT2D eigenvalue weighted by molar-refractivity contribution is -0.120. The fourth-order valence-electron chi connectivity index (χ4n) is 2.81. The minimum absolute atomic E-state index is 0.00807. The molecule has 1 heterocycles. The Balaban J connectivity index is 1.55. The molecule has 2 N–H and O–H groups in total. The lowest BCUT2D eigenvalue weighted by atomic mass is 10.1. The zero-order chi connectivity index (χ0) is 20.6. The molecule has 5 nitrogen and oxygen atoms in total. The van der Waals surface area contributed by atoms with Crippen LogP contribution in [0.5, 0.6) is 0 Å². The van der Waals surface area contributed by atoms with Gasteiger partial charge in [0.05, 0.1) is 6.42 Å². The Bertz CT molecular complexity index is 1020. The van der Waals surface area contributed by atoms with Gasteiger partial charge in [0, 0.05) is 23.6 Å². The average molecular weight is 412 g/mol. The molecular formula is C22H22FN3O2S. The third-order valence-corrected chi connectivity index (χ3v) is 5.35. The molecular weight excluding hydrogens is 389 g/mol. The van der Waals surface area contributed by atoms with E-state index >= 15 is 0 Å². The first kappa shape index (κ1) is 20.8. The first-order valence-corrected chi connectivity index (χ1v) is 10.3. The number of carbonyl (C=O) groups is 1. The number of rotatable bonds is 8. The second-order valence-corrected chi connectivity index (χ2v) is 7.58. The molecule has 0 aliphatic rings. The van der Waals surface area contributed by atoms with E-state index in [9.17, 15) is 14.0 Å². The van der Waals surface area contributed by atoms with E-state index in [0.717, 1.165) is 17.5 Å². The number of H-pyrrole nitrogens is 1. The van der Waals surface area contributed by atoms with Crippen molar-refractivity contribution in [3.63, 3.8) is 0 Å². The number of benzene rings is 2. The number of thioether (sulfide) groups is 1. The van der Waals surface area contributed by atoms with Gasteiger partial charge in [0.1, 0.15) is 5.82 Å². The highest BCUT2D eigenvalue weighted by Gasteiger charge is 2.13. The number of hydrogen-bond donors (Lipinski definition) is 2. The van der Waals surface area contributed by atoms with Crippen molar-refractivity contribution in [1.29, 1.82) is 0 Å². The summed E-state index contributed by atoms with van der Waals surface area (Å²) in [4.78, 5) is 31.7. The van der Waals surface area contributed by atoms with Gasteiger partial charge < -0.3 is 10.3 Å². The number of hydrogen-bond acceptors (Lipinski definition) is 4. The second-order valence-electron chi connectivity index (χ2n) is 6.61. The lowest BCUT2D eigenvalue weighted by Gasteiger charge is -2.08. The van der Waals surface area contributed by atoms with Gasteiger partial charge in [-0.25, -0.2) is 9.37 Å². The minimum atomic E-state index is -0.308. The van der Waals surface area contributed by atoms with Gasteiger partial charge >= 0.3 is 0 Å². The molecule has 0 fully saturated rings. The molecule has 0 unspecified atom stereocenters. The van der Waals surface area contributed by atoms with E-state index < -0.39 is 0 Å². The second kappa shape index (κ2) is 10.0. The lowest BCUT2D eigenvalue weighted by Crippen LogP contribution is -2.30. The van der Waals surface area contributed by atoms with Crippen molar-refractivity contribution in [2.45, 2.75) is 30.7 Å². The van der Waals surface area contributed by atoms with Gasteiger partial charge in [0.25, 0.3) is 5.56 Å². The molecule has 150 valence electrons. The van der Waals surface area contributed by atoms with Crippen LogP contribution in [0, 0.1) is 12.7 Å². The van der Waals surface area contributed by atoms with Crippen molar-refractivity contribution in [1.82, 2.24) is 15.3 Å². The van der Waals surface area contributed by atoms with Crippen LogP contribution < -0.4 is 10.9 Å². The normalized spacial score (nSPS) is 10.7. The molecule has 3 rings (SSSR count). The molecule has 0 radical (unpaired) electrons. The molecule has 2 aromatic carbocycles. The van der Waals surface area contributed by atoms with E-state index in [-0.39, 0.29) is 23.7 Å². The SMILES string of the molecule is Cc1nc(SCc2ccc(F)cc2)[nH]c(=O)c1CC(=O)NCCc1ccccc1. The Morgan fingerprint density at radius 2 is 1.83 bits per heavy atom. The van der Waals surface area contributed by atoms with Crippen LogP contribution in [0.1, 0.15) is 22.4 Å². The van der Waals surface area contributed by atoms with Crippen LogP contribution in [-0.4, -0.2) is 22.4 Å². The van der Waals surface area contributed by atoms with Gasteiger partial charge in [0.2, 0.25) is 5.91 Å². The van der Waals surface area contributed by atoms with Crippen LogP contribution >= 0.6 is 11.8 Å². The molecule has 0 atom stereocenters. The van der Waals surface area contributed by atoms with Crippen molar-refractivity contribution < 1.29 is 9.18 Å². The van der Waals surface area contributed by atoms with Crippen LogP contribution in [0.15, 0.2) is 64.5 Å². The smallest absolute Gasteiger partial charge is 0.255 e. The van der Waals surface area contributed by atoms with E-state index in [2.05, 4.69) is 15.3 Å². The summed E-state index contributed by atoms with van der Waals surface area (Å²) in [5, 5.41) is 3.32. The fourth-order valence-corrected chi connectivity index (χ4v) is 3.67. The number of carbonyl (C=O) groups excluding carboxylic acids is 1. The Labute approximate surface area is 172 Å². The molecule has 29 heavy (non-hydrogen) atoms. The van der Waals surface area contributed by atoms with E-state index in [0.29, 0.717) is 28.7 Å². The van der Waals surface area contributed by atoms with Crippen molar-refractivity contribution >= 4 is 17.7 Å². The first-order valence-electron chi connectivity index (χ1n) is 9.29. The van der Waals surface area contributed by atoms with Crippen molar-refractivity contribution in [3.8, 4) is 0 Å². The summed E-state index contributed by atoms with van der Waals surface area (Å²) in [7, 11) is 0. The topological polar surface area (TPSA) is 74.8 Å². The highest BCUT2D eigenvalue weighted by Crippen LogP contribution is 2.19. The summed E-state index contributed by atoms with van der Waals surface area (Å²) in [5.74, 6) is 0.0673. The third-order valence-electron chi connectivity index (χ3n) is 4.41. The molecule has 0 aliphatic carbocycles. The maximum Gasteiger partial charge on any atom is 0.255 e. The maximum atomic E-state index is 13.0. The fraction of sp³-hybridized carbons (Fsp3) is 0.227. The van der Waals surface area contributed by atoms with Crippen LogP contribution in [-0.2, 0) is 23.4 Å². The predicted molar refractivity (Wildman–Crippen MR) is 112 cm³/mol. The number of aromatic nitrogens is 2. The van der Waals surface area contributed by atoms with E-state index in [1.807, 2.05) is 30.3 Å². The Morgan fingerprint density at radius 1 is 1.10 bits per heavy atom. The van der Waals surface area contributed by atoms with Crippen molar-refractivity contribution in [3.05, 3.63) is 93.2 Å². The molecule has 3 aromatic rings. The zero-order valence-corrected chi connectivity index (χ0v) is 16.9. The summed E-state index contributed by atoms with van der Waals surface area (Å²) < 4.78 is 13.0. The standard InChI is InChI=1S/C22H22FN3O2S/c1-15-19(13-20(27)24-12-11-16-5-3-2-4-6-16)21(28)26-22(25-15)29-14-17-7-9-18(23)10-8-17/h2-10H,11-14H2,1H3,(H,24,27)(H,25,26,28). The van der Waals surface area contributed by atoms with Crippen molar-refractivity contribution in [2.75, 3.05) is 6.54 Å². The maximum absolute atomic E-state index is 13.0. The molecule has 0 aliphatic heterocycles. The van der Waals surface area contributed by atoms with Gasteiger partial charge in [-0.1, -0.05) is 54.2 Å². The average Bonchev–Trinajstić information content (AvgIpc) is 2.71. The highest BCUT2D eigenvalue weighted by molar-refractivity contribution is 7.98. The quantitative estimate of drug-likeness (QED) is 0.440. The number of amides is 1. The van der Waals surface area contributed by atoms with Gasteiger partial charge in [-0.05, 0) is 36.6 Å². The van der Waals surface area contributed by atoms with E-state index in [1.165, 1.54) is 23.9 Å². The predicted octanol–water partition coefficient (Wildman–Crippen LogP) is 3.41. The Morgan fingerprint density at radius 3 is 2.52 bits per heavy atom. The number of aromatic amines is 1. The van der Waals surface area contributed by atoms with Crippen LogP contribution in [0.25, 0.3) is 0 Å². The van der Waals surface area contributed by atoms with Crippen LogP contribution in [0.2, 0.25) is 0 Å². The van der Waals surface area contributed by atoms with E-state index in [4.69, 9.17) is 0 Å². The molecule has 1 amide bonds. The zero-order valence-electron chi connectivity index (χ0n) is 16.1. The monoisotopic (exact) mass is 411 g/mol. The number of halogens is 1. The highest BCUT2D eigenvalue weighted by atomic mass is 32.2. The number of aryl methyl sites for hydroxylation is 1. The van der Waals surface area contributed by atoms with E-state index in [1.54, 1.807) is 19.1 Å². The Hall–Kier alpha value is -2.93. The van der Waals surface area contributed by atoms with Gasteiger partial charge in [0.15, 0.2) is 5.16 Å². The summed E-state index contributed by atoms with van der Waals surface area (Å²) in [6.07, 6.45) is 0.727. The molecule has 7 heteroatoms. The van der Waals surface area contributed by atoms with Crippen molar-refractivity contribution in [2.24, 2.45) is 0 Å². The summed E-state index contributed by atoms with van der Waals surface area (Å²) in [6.45, 7) is 2.24. The molecule has 0 spiro atoms. The molecule has 0 bridgehead atoms. The largest absolute Gasteiger partial charge is 0.355 e. The van der Waals surface area contributed by atoms with Crippen LogP contribution in [0.4, 0.5) is 4.39 Å². The summed E-state index contributed by atoms with van der Waals surface area (Å²) >= 11 is 1.36.